The summed E-state index contributed by atoms with van der Waals surface area (Å²) >= 11 is 6.24. The number of aryl methyl sites for hydroxylation is 1. The molecule has 2 amide bonds. The smallest absolute Gasteiger partial charge is 0.264 e. The molecule has 1 fully saturated rings. The molecular weight excluding hydrogens is 562 g/mol. The molecule has 0 aliphatic heterocycles. The molecule has 41 heavy (non-hydrogen) atoms. The second-order valence-corrected chi connectivity index (χ2v) is 12.6. The van der Waals surface area contributed by atoms with E-state index in [1.54, 1.807) is 37.3 Å². The lowest BCUT2D eigenvalue weighted by molar-refractivity contribution is -0.139. The largest absolute Gasteiger partial charge is 0.497 e. The normalized spacial score (nSPS) is 14.3. The van der Waals surface area contributed by atoms with Crippen LogP contribution in [0.5, 0.6) is 5.75 Å². The van der Waals surface area contributed by atoms with E-state index in [2.05, 4.69) is 5.32 Å². The Balaban J connectivity index is 1.69. The Labute approximate surface area is 247 Å². The Morgan fingerprint density at radius 1 is 1.02 bits per heavy atom. The molecule has 0 unspecified atom stereocenters. The number of amides is 2. The molecule has 0 spiro atoms. The van der Waals surface area contributed by atoms with Gasteiger partial charge in [0.25, 0.3) is 10.0 Å². The van der Waals surface area contributed by atoms with Gasteiger partial charge in [0.1, 0.15) is 18.3 Å². The predicted molar refractivity (Wildman–Crippen MR) is 161 cm³/mol. The van der Waals surface area contributed by atoms with E-state index in [9.17, 15) is 18.0 Å². The minimum Gasteiger partial charge on any atom is -0.497 e. The molecular formula is C31H36ClN3O5S. The van der Waals surface area contributed by atoms with Crippen LogP contribution in [0.4, 0.5) is 5.69 Å². The van der Waals surface area contributed by atoms with Gasteiger partial charge in [-0.05, 0) is 80.3 Å². The lowest BCUT2D eigenvalue weighted by atomic mass is 10.1. The number of ether oxygens (including phenoxy) is 1. The third-order valence-corrected chi connectivity index (χ3v) is 9.52. The maximum atomic E-state index is 14.1. The van der Waals surface area contributed by atoms with Crippen molar-refractivity contribution in [3.63, 3.8) is 0 Å². The summed E-state index contributed by atoms with van der Waals surface area (Å²) in [6, 6.07) is 19.2. The van der Waals surface area contributed by atoms with Gasteiger partial charge >= 0.3 is 0 Å². The Bertz CT molecular complexity index is 1470. The Kier molecular flexibility index (Phi) is 9.94. The first-order valence-electron chi connectivity index (χ1n) is 13.7. The highest BCUT2D eigenvalue weighted by atomic mass is 35.5. The zero-order valence-corrected chi connectivity index (χ0v) is 25.1. The van der Waals surface area contributed by atoms with Crippen LogP contribution in [0.25, 0.3) is 0 Å². The van der Waals surface area contributed by atoms with Gasteiger partial charge in [0.05, 0.1) is 17.7 Å². The average Bonchev–Trinajstić information content (AvgIpc) is 3.48. The minimum absolute atomic E-state index is 0.0106. The van der Waals surface area contributed by atoms with E-state index in [-0.39, 0.29) is 29.1 Å². The molecule has 0 heterocycles. The fraction of sp³-hybridized carbons (Fsp3) is 0.355. The van der Waals surface area contributed by atoms with Crippen LogP contribution in [0.3, 0.4) is 0 Å². The first-order valence-corrected chi connectivity index (χ1v) is 15.5. The predicted octanol–water partition coefficient (Wildman–Crippen LogP) is 5.33. The van der Waals surface area contributed by atoms with Crippen LogP contribution in [-0.2, 0) is 26.2 Å². The van der Waals surface area contributed by atoms with Crippen molar-refractivity contribution in [2.24, 2.45) is 0 Å². The molecule has 3 aromatic carbocycles. The van der Waals surface area contributed by atoms with Crippen molar-refractivity contribution < 1.29 is 22.7 Å². The van der Waals surface area contributed by atoms with E-state index in [1.807, 2.05) is 31.2 Å². The summed E-state index contributed by atoms with van der Waals surface area (Å²) in [5.41, 5.74) is 2.07. The van der Waals surface area contributed by atoms with Gasteiger partial charge in [-0.15, -0.1) is 0 Å². The number of halogens is 1. The van der Waals surface area contributed by atoms with Crippen molar-refractivity contribution in [2.75, 3.05) is 18.0 Å². The van der Waals surface area contributed by atoms with Gasteiger partial charge in [0, 0.05) is 17.6 Å². The Morgan fingerprint density at radius 2 is 1.71 bits per heavy atom. The van der Waals surface area contributed by atoms with Crippen molar-refractivity contribution in [1.29, 1.82) is 0 Å². The molecule has 218 valence electrons. The molecule has 1 N–H and O–H groups in total. The van der Waals surface area contributed by atoms with Crippen LogP contribution in [0.15, 0.2) is 77.7 Å². The topological polar surface area (TPSA) is 96.0 Å². The van der Waals surface area contributed by atoms with Gasteiger partial charge in [-0.2, -0.15) is 0 Å². The van der Waals surface area contributed by atoms with Crippen LogP contribution in [-0.4, -0.2) is 50.9 Å². The molecule has 0 aromatic heterocycles. The maximum absolute atomic E-state index is 14.1. The third kappa shape index (κ3) is 7.40. The standard InChI is InChI=1S/C31H36ClN3O5S/c1-22-9-4-5-10-24(22)20-34(23(2)31(37)33-26-12-6-7-13-26)30(36)21-35(27-14-8-11-25(32)19-27)41(38,39)29-17-15-28(40-3)16-18-29/h4-5,8-11,14-19,23,26H,6-7,12-13,20-21H2,1-3H3,(H,33,37)/t23-/m0/s1. The maximum Gasteiger partial charge on any atom is 0.264 e. The third-order valence-electron chi connectivity index (χ3n) is 7.49. The molecule has 3 aromatic rings. The number of methoxy groups -OCH3 is 1. The number of nitrogens with one attached hydrogen (secondary N) is 1. The van der Waals surface area contributed by atoms with Crippen LogP contribution < -0.4 is 14.4 Å². The van der Waals surface area contributed by atoms with Crippen molar-refractivity contribution >= 4 is 39.1 Å². The molecule has 1 aliphatic carbocycles. The lowest BCUT2D eigenvalue weighted by Gasteiger charge is -2.33. The number of anilines is 1. The number of sulfonamides is 1. The van der Waals surface area contributed by atoms with Crippen molar-refractivity contribution in [2.45, 2.75) is 63.1 Å². The summed E-state index contributed by atoms with van der Waals surface area (Å²) in [5.74, 6) is -0.272. The van der Waals surface area contributed by atoms with E-state index in [0.29, 0.717) is 10.8 Å². The molecule has 1 atom stereocenters. The highest BCUT2D eigenvalue weighted by molar-refractivity contribution is 7.92. The van der Waals surface area contributed by atoms with Crippen LogP contribution in [0.1, 0.15) is 43.7 Å². The van der Waals surface area contributed by atoms with Gasteiger partial charge in [-0.1, -0.05) is 54.8 Å². The number of hydrogen-bond acceptors (Lipinski definition) is 5. The summed E-state index contributed by atoms with van der Waals surface area (Å²) in [4.78, 5) is 28.9. The molecule has 0 saturated heterocycles. The molecule has 4 rings (SSSR count). The second kappa shape index (κ2) is 13.4. The molecule has 10 heteroatoms. The first kappa shape index (κ1) is 30.4. The van der Waals surface area contributed by atoms with E-state index in [0.717, 1.165) is 41.1 Å². The van der Waals surface area contributed by atoms with Gasteiger partial charge < -0.3 is 15.0 Å². The van der Waals surface area contributed by atoms with E-state index in [4.69, 9.17) is 16.3 Å². The number of carbonyl (C=O) groups is 2. The van der Waals surface area contributed by atoms with Gasteiger partial charge in [-0.3, -0.25) is 13.9 Å². The number of nitrogens with zero attached hydrogens (tertiary/aromatic N) is 2. The van der Waals surface area contributed by atoms with Crippen molar-refractivity contribution in [3.8, 4) is 5.75 Å². The fourth-order valence-electron chi connectivity index (χ4n) is 4.98. The highest BCUT2D eigenvalue weighted by Crippen LogP contribution is 2.28. The summed E-state index contributed by atoms with van der Waals surface area (Å²) in [6.07, 6.45) is 3.94. The molecule has 0 bridgehead atoms. The van der Waals surface area contributed by atoms with Gasteiger partial charge in [0.2, 0.25) is 11.8 Å². The van der Waals surface area contributed by atoms with Crippen LogP contribution in [0.2, 0.25) is 5.02 Å². The zero-order valence-electron chi connectivity index (χ0n) is 23.5. The molecule has 0 radical (unpaired) electrons. The first-order chi connectivity index (χ1) is 19.6. The van der Waals surface area contributed by atoms with Crippen LogP contribution in [0, 0.1) is 6.92 Å². The van der Waals surface area contributed by atoms with Crippen LogP contribution >= 0.6 is 11.6 Å². The second-order valence-electron chi connectivity index (χ2n) is 10.3. The van der Waals surface area contributed by atoms with Gasteiger partial charge in [-0.25, -0.2) is 8.42 Å². The monoisotopic (exact) mass is 597 g/mol. The summed E-state index contributed by atoms with van der Waals surface area (Å²) < 4.78 is 34.1. The summed E-state index contributed by atoms with van der Waals surface area (Å²) in [6.45, 7) is 3.24. The quantitative estimate of drug-likeness (QED) is 0.322. The zero-order chi connectivity index (χ0) is 29.6. The highest BCUT2D eigenvalue weighted by Gasteiger charge is 2.33. The van der Waals surface area contributed by atoms with E-state index < -0.39 is 28.5 Å². The Hall–Kier alpha value is -3.56. The van der Waals surface area contributed by atoms with Gasteiger partial charge in [0.15, 0.2) is 0 Å². The average molecular weight is 598 g/mol. The van der Waals surface area contributed by atoms with Crippen molar-refractivity contribution in [3.05, 3.63) is 88.9 Å². The number of hydrogen-bond donors (Lipinski definition) is 1. The number of benzene rings is 3. The SMILES string of the molecule is COc1ccc(S(=O)(=O)N(CC(=O)N(Cc2ccccc2C)[C@@H](C)C(=O)NC2CCCC2)c2cccc(Cl)c2)cc1. The number of carbonyl (C=O) groups excluding carboxylic acids is 2. The molecule has 8 nitrogen and oxygen atoms in total. The lowest BCUT2D eigenvalue weighted by Crippen LogP contribution is -2.52. The van der Waals surface area contributed by atoms with E-state index in [1.165, 1.54) is 30.2 Å². The molecule has 1 saturated carbocycles. The van der Waals surface area contributed by atoms with E-state index >= 15 is 0 Å². The molecule has 1 aliphatic rings. The summed E-state index contributed by atoms with van der Waals surface area (Å²) in [7, 11) is -2.71. The Morgan fingerprint density at radius 3 is 2.34 bits per heavy atom. The summed E-state index contributed by atoms with van der Waals surface area (Å²) in [5, 5.41) is 3.40. The van der Waals surface area contributed by atoms with Crippen molar-refractivity contribution in [1.82, 2.24) is 10.2 Å². The fourth-order valence-corrected chi connectivity index (χ4v) is 6.57. The minimum atomic E-state index is -4.20. The number of rotatable bonds is 11.